The summed E-state index contributed by atoms with van der Waals surface area (Å²) in [6.07, 6.45) is 1.20. The lowest BCUT2D eigenvalue weighted by Crippen LogP contribution is -2.48. The summed E-state index contributed by atoms with van der Waals surface area (Å²) in [6, 6.07) is 9.66. The molecule has 2 amide bonds. The van der Waals surface area contributed by atoms with Crippen LogP contribution in [0.2, 0.25) is 0 Å². The molecule has 7 nitrogen and oxygen atoms in total. The van der Waals surface area contributed by atoms with Crippen molar-refractivity contribution >= 4 is 18.0 Å². The number of carbonyl (C=O) groups is 3. The summed E-state index contributed by atoms with van der Waals surface area (Å²) >= 11 is 0. The van der Waals surface area contributed by atoms with Gasteiger partial charge in [-0.3, -0.25) is 9.59 Å². The number of esters is 1. The Balaban J connectivity index is 2.07. The SMILES string of the molecule is COC(=O)CCN(Cc1ccccc1)C(=O)C1CCCN(C(=O)OC(C)(C)C)C1. The number of piperidine rings is 1. The number of benzene rings is 1. The van der Waals surface area contributed by atoms with Gasteiger partial charge < -0.3 is 19.3 Å². The van der Waals surface area contributed by atoms with Crippen LogP contribution in [0, 0.1) is 5.92 Å². The third kappa shape index (κ3) is 7.40. The Labute approximate surface area is 172 Å². The lowest BCUT2D eigenvalue weighted by Gasteiger charge is -2.35. The van der Waals surface area contributed by atoms with Gasteiger partial charge in [0.2, 0.25) is 5.91 Å². The molecule has 1 saturated heterocycles. The van der Waals surface area contributed by atoms with Crippen molar-refractivity contribution in [2.45, 2.75) is 52.2 Å². The van der Waals surface area contributed by atoms with Crippen molar-refractivity contribution in [1.82, 2.24) is 9.80 Å². The molecule has 0 radical (unpaired) electrons. The Hall–Kier alpha value is -2.57. The largest absolute Gasteiger partial charge is 0.469 e. The highest BCUT2D eigenvalue weighted by molar-refractivity contribution is 5.81. The van der Waals surface area contributed by atoms with Crippen molar-refractivity contribution in [3.05, 3.63) is 35.9 Å². The first-order valence-electron chi connectivity index (χ1n) is 10.1. The Bertz CT molecular complexity index is 699. The first-order valence-corrected chi connectivity index (χ1v) is 10.1. The van der Waals surface area contributed by atoms with Crippen molar-refractivity contribution in [3.8, 4) is 0 Å². The smallest absolute Gasteiger partial charge is 0.410 e. The minimum Gasteiger partial charge on any atom is -0.469 e. The van der Waals surface area contributed by atoms with Gasteiger partial charge in [0.1, 0.15) is 5.60 Å². The molecule has 1 aliphatic heterocycles. The van der Waals surface area contributed by atoms with E-state index in [1.54, 1.807) is 9.80 Å². The van der Waals surface area contributed by atoms with Crippen molar-refractivity contribution in [2.24, 2.45) is 5.92 Å². The lowest BCUT2D eigenvalue weighted by molar-refractivity contribution is -0.143. The molecule has 0 bridgehead atoms. The van der Waals surface area contributed by atoms with Crippen molar-refractivity contribution in [3.63, 3.8) is 0 Å². The highest BCUT2D eigenvalue weighted by Gasteiger charge is 2.33. The fourth-order valence-corrected chi connectivity index (χ4v) is 3.33. The number of methoxy groups -OCH3 is 1. The van der Waals surface area contributed by atoms with Gasteiger partial charge in [0, 0.05) is 26.2 Å². The number of amides is 2. The van der Waals surface area contributed by atoms with E-state index in [4.69, 9.17) is 9.47 Å². The average Bonchev–Trinajstić information content (AvgIpc) is 2.69. The molecule has 1 aromatic rings. The Morgan fingerprint density at radius 3 is 2.48 bits per heavy atom. The molecule has 1 fully saturated rings. The number of rotatable bonds is 6. The van der Waals surface area contributed by atoms with Gasteiger partial charge in [-0.25, -0.2) is 4.79 Å². The zero-order valence-corrected chi connectivity index (χ0v) is 17.8. The van der Waals surface area contributed by atoms with Gasteiger partial charge >= 0.3 is 12.1 Å². The number of likely N-dealkylation sites (tertiary alicyclic amines) is 1. The van der Waals surface area contributed by atoms with Crippen LogP contribution in [0.15, 0.2) is 30.3 Å². The molecule has 0 aromatic heterocycles. The number of hydrogen-bond donors (Lipinski definition) is 0. The highest BCUT2D eigenvalue weighted by Crippen LogP contribution is 2.22. The van der Waals surface area contributed by atoms with E-state index >= 15 is 0 Å². The van der Waals surface area contributed by atoms with Gasteiger partial charge in [-0.2, -0.15) is 0 Å². The summed E-state index contributed by atoms with van der Waals surface area (Å²) in [5.74, 6) is -0.710. The molecule has 7 heteroatoms. The molecular weight excluding hydrogens is 372 g/mol. The molecule has 0 N–H and O–H groups in total. The fourth-order valence-electron chi connectivity index (χ4n) is 3.33. The number of carbonyl (C=O) groups excluding carboxylic acids is 3. The van der Waals surface area contributed by atoms with Crippen molar-refractivity contribution in [1.29, 1.82) is 0 Å². The zero-order chi connectivity index (χ0) is 21.4. The van der Waals surface area contributed by atoms with E-state index in [1.165, 1.54) is 7.11 Å². The van der Waals surface area contributed by atoms with E-state index < -0.39 is 5.60 Å². The predicted octanol–water partition coefficient (Wildman–Crippen LogP) is 3.23. The molecule has 1 aliphatic rings. The Morgan fingerprint density at radius 2 is 1.86 bits per heavy atom. The van der Waals surface area contributed by atoms with E-state index in [2.05, 4.69) is 0 Å². The van der Waals surface area contributed by atoms with Gasteiger partial charge in [-0.15, -0.1) is 0 Å². The minimum atomic E-state index is -0.576. The standard InChI is InChI=1S/C22H32N2O5/c1-22(2,3)29-21(27)24-13-8-11-18(16-24)20(26)23(14-12-19(25)28-4)15-17-9-6-5-7-10-17/h5-7,9-10,18H,8,11-16H2,1-4H3. The molecule has 0 saturated carbocycles. The van der Waals surface area contributed by atoms with Crippen molar-refractivity contribution < 1.29 is 23.9 Å². The van der Waals surface area contributed by atoms with E-state index in [-0.39, 0.29) is 36.9 Å². The Morgan fingerprint density at radius 1 is 1.17 bits per heavy atom. The van der Waals surface area contributed by atoms with Crippen LogP contribution >= 0.6 is 0 Å². The second-order valence-corrected chi connectivity index (χ2v) is 8.34. The average molecular weight is 405 g/mol. The van der Waals surface area contributed by atoms with E-state index in [9.17, 15) is 14.4 Å². The maximum absolute atomic E-state index is 13.3. The second kappa shape index (κ2) is 10.3. The Kier molecular flexibility index (Phi) is 8.05. The molecule has 0 spiro atoms. The molecule has 1 unspecified atom stereocenters. The second-order valence-electron chi connectivity index (χ2n) is 8.34. The number of hydrogen-bond acceptors (Lipinski definition) is 5. The third-order valence-electron chi connectivity index (χ3n) is 4.76. The van der Waals surface area contributed by atoms with E-state index in [0.717, 1.165) is 12.0 Å². The van der Waals surface area contributed by atoms with Crippen LogP contribution < -0.4 is 0 Å². The van der Waals surface area contributed by atoms with E-state index in [0.29, 0.717) is 26.1 Å². The molecule has 2 rings (SSSR count). The molecule has 1 aromatic carbocycles. The minimum absolute atomic E-state index is 0.0500. The van der Waals surface area contributed by atoms with Crippen LogP contribution in [0.25, 0.3) is 0 Å². The summed E-state index contributed by atoms with van der Waals surface area (Å²) in [5.41, 5.74) is 0.416. The van der Waals surface area contributed by atoms with Crippen LogP contribution in [0.1, 0.15) is 45.6 Å². The molecule has 160 valence electrons. The highest BCUT2D eigenvalue weighted by atomic mass is 16.6. The zero-order valence-electron chi connectivity index (χ0n) is 17.8. The monoisotopic (exact) mass is 404 g/mol. The lowest BCUT2D eigenvalue weighted by atomic mass is 9.96. The maximum Gasteiger partial charge on any atom is 0.410 e. The molecule has 29 heavy (non-hydrogen) atoms. The number of ether oxygens (including phenoxy) is 2. The predicted molar refractivity (Wildman–Crippen MR) is 109 cm³/mol. The fraction of sp³-hybridized carbons (Fsp3) is 0.591. The van der Waals surface area contributed by atoms with Crippen LogP contribution in [0.4, 0.5) is 4.79 Å². The summed E-state index contributed by atoms with van der Waals surface area (Å²) in [4.78, 5) is 40.6. The first-order chi connectivity index (χ1) is 13.7. The summed E-state index contributed by atoms with van der Waals surface area (Å²) in [6.45, 7) is 7.09. The molecule has 0 aliphatic carbocycles. The summed E-state index contributed by atoms with van der Waals surface area (Å²) in [7, 11) is 1.34. The topological polar surface area (TPSA) is 76.2 Å². The van der Waals surface area contributed by atoms with Crippen molar-refractivity contribution in [2.75, 3.05) is 26.7 Å². The molecule has 1 heterocycles. The van der Waals surface area contributed by atoms with Gasteiger partial charge in [-0.1, -0.05) is 30.3 Å². The van der Waals surface area contributed by atoms with Gasteiger partial charge in [0.15, 0.2) is 0 Å². The number of nitrogens with zero attached hydrogens (tertiary/aromatic N) is 2. The maximum atomic E-state index is 13.3. The summed E-state index contributed by atoms with van der Waals surface area (Å²) < 4.78 is 10.2. The van der Waals surface area contributed by atoms with Gasteiger partial charge in [0.05, 0.1) is 19.4 Å². The normalized spacial score (nSPS) is 16.8. The van der Waals surface area contributed by atoms with Crippen LogP contribution in [0.3, 0.4) is 0 Å². The quantitative estimate of drug-likeness (QED) is 0.681. The summed E-state index contributed by atoms with van der Waals surface area (Å²) in [5, 5.41) is 0. The molecule has 1 atom stereocenters. The van der Waals surface area contributed by atoms with Gasteiger partial charge in [0.25, 0.3) is 0 Å². The van der Waals surface area contributed by atoms with Crippen LogP contribution in [-0.2, 0) is 25.6 Å². The third-order valence-corrected chi connectivity index (χ3v) is 4.76. The van der Waals surface area contributed by atoms with E-state index in [1.807, 2.05) is 51.1 Å². The van der Waals surface area contributed by atoms with Crippen LogP contribution in [0.5, 0.6) is 0 Å². The van der Waals surface area contributed by atoms with Gasteiger partial charge in [-0.05, 0) is 39.2 Å². The van der Waals surface area contributed by atoms with Crippen LogP contribution in [-0.4, -0.2) is 60.1 Å². The molecular formula is C22H32N2O5. The first kappa shape index (κ1) is 22.7.